The molecule has 27 heavy (non-hydrogen) atoms. The van der Waals surface area contributed by atoms with Crippen LogP contribution in [-0.2, 0) is 4.79 Å². The largest absolute Gasteiger partial charge is 0.490 e. The van der Waals surface area contributed by atoms with E-state index in [9.17, 15) is 10.1 Å². The lowest BCUT2D eigenvalue weighted by Crippen LogP contribution is -3.11. The Hall–Kier alpha value is -2.26. The van der Waals surface area contributed by atoms with Crippen LogP contribution >= 0.6 is 0 Å². The molecule has 2 aliphatic heterocycles. The normalized spacial score (nSPS) is 26.2. The van der Waals surface area contributed by atoms with Gasteiger partial charge in [-0.05, 0) is 43.9 Å². The van der Waals surface area contributed by atoms with Crippen molar-refractivity contribution in [1.29, 1.82) is 5.26 Å². The molecule has 2 heterocycles. The zero-order valence-corrected chi connectivity index (χ0v) is 15.8. The molecule has 144 valence electrons. The summed E-state index contributed by atoms with van der Waals surface area (Å²) in [5.74, 6) is 1.62. The van der Waals surface area contributed by atoms with E-state index in [-0.39, 0.29) is 11.9 Å². The van der Waals surface area contributed by atoms with E-state index in [0.717, 1.165) is 63.0 Å². The molecule has 0 radical (unpaired) electrons. The Morgan fingerprint density at radius 1 is 1.19 bits per heavy atom. The number of nitriles is 1. The van der Waals surface area contributed by atoms with Gasteiger partial charge in [0, 0.05) is 24.8 Å². The lowest BCUT2D eigenvalue weighted by atomic mass is 10.00. The molecule has 0 aromatic heterocycles. The molecule has 2 fully saturated rings. The summed E-state index contributed by atoms with van der Waals surface area (Å²) in [5.41, 5.74) is 0.566. The van der Waals surface area contributed by atoms with Gasteiger partial charge in [-0.1, -0.05) is 0 Å². The van der Waals surface area contributed by atoms with E-state index in [0.29, 0.717) is 19.8 Å². The molecule has 1 aromatic carbocycles. The van der Waals surface area contributed by atoms with Crippen molar-refractivity contribution >= 4 is 5.91 Å². The lowest BCUT2D eigenvalue weighted by molar-refractivity contribution is -0.910. The molecule has 0 bridgehead atoms. The molecule has 1 amide bonds. The summed E-state index contributed by atoms with van der Waals surface area (Å²) in [4.78, 5) is 13.9. The Bertz CT molecular complexity index is 737. The molecule has 1 unspecified atom stereocenters. The number of carbonyl (C=O) groups is 1. The average Bonchev–Trinajstić information content (AvgIpc) is 3.26. The summed E-state index contributed by atoms with van der Waals surface area (Å²) < 4.78 is 11.6. The zero-order valence-electron chi connectivity index (χ0n) is 15.8. The second-order valence-corrected chi connectivity index (χ2v) is 7.99. The number of fused-ring (bicyclic) bond motifs is 1. The SMILES string of the molecule is N#CC1(NC(=O)C[NH+]2CCC[C@H]2c2ccc3c(c2)OCCCO3)CCCC1. The highest BCUT2D eigenvalue weighted by Gasteiger charge is 2.38. The summed E-state index contributed by atoms with van der Waals surface area (Å²) in [6, 6.07) is 8.82. The van der Waals surface area contributed by atoms with Crippen molar-refractivity contribution in [2.75, 3.05) is 26.3 Å². The predicted octanol–water partition coefficient (Wildman–Crippen LogP) is 1.52. The second-order valence-electron chi connectivity index (χ2n) is 7.99. The van der Waals surface area contributed by atoms with Crippen LogP contribution in [0.2, 0.25) is 0 Å². The van der Waals surface area contributed by atoms with Crippen LogP contribution in [0.5, 0.6) is 11.5 Å². The molecule has 3 aliphatic rings. The monoisotopic (exact) mass is 370 g/mol. The van der Waals surface area contributed by atoms with Crippen molar-refractivity contribution in [3.05, 3.63) is 23.8 Å². The van der Waals surface area contributed by atoms with Crippen molar-refractivity contribution in [2.24, 2.45) is 0 Å². The minimum atomic E-state index is -0.638. The van der Waals surface area contributed by atoms with Gasteiger partial charge in [0.05, 0.1) is 25.8 Å². The predicted molar refractivity (Wildman–Crippen MR) is 99.7 cm³/mol. The molecule has 4 rings (SSSR count). The number of amides is 1. The first-order valence-electron chi connectivity index (χ1n) is 10.2. The summed E-state index contributed by atoms with van der Waals surface area (Å²) in [5, 5.41) is 12.5. The molecular weight excluding hydrogens is 342 g/mol. The van der Waals surface area contributed by atoms with E-state index in [1.54, 1.807) is 0 Å². The highest BCUT2D eigenvalue weighted by Crippen LogP contribution is 2.33. The van der Waals surface area contributed by atoms with Crippen LogP contribution in [0.15, 0.2) is 18.2 Å². The van der Waals surface area contributed by atoms with Gasteiger partial charge < -0.3 is 19.7 Å². The first kappa shape index (κ1) is 18.1. The Morgan fingerprint density at radius 3 is 2.74 bits per heavy atom. The molecule has 1 saturated carbocycles. The lowest BCUT2D eigenvalue weighted by Gasteiger charge is -2.25. The van der Waals surface area contributed by atoms with E-state index < -0.39 is 5.54 Å². The minimum Gasteiger partial charge on any atom is -0.490 e. The molecule has 2 atom stereocenters. The highest BCUT2D eigenvalue weighted by atomic mass is 16.5. The molecule has 1 aromatic rings. The Kier molecular flexibility index (Phi) is 5.22. The number of hydrogen-bond acceptors (Lipinski definition) is 4. The Morgan fingerprint density at radius 2 is 1.96 bits per heavy atom. The fourth-order valence-electron chi connectivity index (χ4n) is 4.68. The topological polar surface area (TPSA) is 75.8 Å². The summed E-state index contributed by atoms with van der Waals surface area (Å²) in [6.07, 6.45) is 6.64. The number of nitrogens with zero attached hydrogens (tertiary/aromatic N) is 1. The number of ether oxygens (including phenoxy) is 2. The fourth-order valence-corrected chi connectivity index (χ4v) is 4.68. The van der Waals surface area contributed by atoms with Crippen LogP contribution < -0.4 is 19.7 Å². The van der Waals surface area contributed by atoms with E-state index in [4.69, 9.17) is 9.47 Å². The molecule has 0 spiro atoms. The van der Waals surface area contributed by atoms with Crippen LogP contribution in [0.25, 0.3) is 0 Å². The standard InChI is InChI=1S/C21H27N3O3/c22-15-21(8-1-2-9-21)23-20(25)14-24-10-3-5-17(24)16-6-7-18-19(13-16)27-12-4-11-26-18/h6-7,13,17H,1-5,8-12,14H2,(H,23,25)/p+1/t17-/m0/s1. The summed E-state index contributed by atoms with van der Waals surface area (Å²) in [6.45, 7) is 2.76. The molecular formula is C21H28N3O3+. The number of nitrogens with one attached hydrogen (secondary N) is 2. The maximum atomic E-state index is 12.6. The van der Waals surface area contributed by atoms with Crippen molar-refractivity contribution in [3.63, 3.8) is 0 Å². The van der Waals surface area contributed by atoms with Gasteiger partial charge in [-0.15, -0.1) is 0 Å². The Balaban J connectivity index is 1.44. The average molecular weight is 370 g/mol. The van der Waals surface area contributed by atoms with Crippen molar-refractivity contribution in [2.45, 2.75) is 56.5 Å². The quantitative estimate of drug-likeness (QED) is 0.843. The third kappa shape index (κ3) is 3.89. The molecule has 1 saturated heterocycles. The van der Waals surface area contributed by atoms with Gasteiger partial charge in [0.1, 0.15) is 11.6 Å². The number of carbonyl (C=O) groups excluding carboxylic acids is 1. The number of rotatable bonds is 4. The van der Waals surface area contributed by atoms with Gasteiger partial charge in [-0.2, -0.15) is 5.26 Å². The van der Waals surface area contributed by atoms with Crippen molar-refractivity contribution in [3.8, 4) is 17.6 Å². The maximum absolute atomic E-state index is 12.6. The minimum absolute atomic E-state index is 0.00491. The van der Waals surface area contributed by atoms with Crippen molar-refractivity contribution < 1.29 is 19.2 Å². The first-order valence-corrected chi connectivity index (χ1v) is 10.2. The molecule has 6 heteroatoms. The van der Waals surface area contributed by atoms with Gasteiger partial charge in [0.2, 0.25) is 0 Å². The van der Waals surface area contributed by atoms with E-state index in [2.05, 4.69) is 23.5 Å². The number of benzene rings is 1. The smallest absolute Gasteiger partial charge is 0.276 e. The molecule has 6 nitrogen and oxygen atoms in total. The second kappa shape index (κ2) is 7.77. The molecule has 2 N–H and O–H groups in total. The van der Waals surface area contributed by atoms with Crippen LogP contribution in [0.4, 0.5) is 0 Å². The third-order valence-corrected chi connectivity index (χ3v) is 6.09. The van der Waals surface area contributed by atoms with Gasteiger partial charge in [0.15, 0.2) is 18.0 Å². The molecule has 1 aliphatic carbocycles. The summed E-state index contributed by atoms with van der Waals surface area (Å²) in [7, 11) is 0. The van der Waals surface area contributed by atoms with E-state index >= 15 is 0 Å². The van der Waals surface area contributed by atoms with Crippen LogP contribution in [0.1, 0.15) is 56.6 Å². The van der Waals surface area contributed by atoms with Crippen LogP contribution in [-0.4, -0.2) is 37.7 Å². The zero-order chi connectivity index (χ0) is 18.7. The van der Waals surface area contributed by atoms with E-state index in [1.807, 2.05) is 6.07 Å². The highest BCUT2D eigenvalue weighted by molar-refractivity contribution is 5.78. The van der Waals surface area contributed by atoms with Gasteiger partial charge in [-0.25, -0.2) is 0 Å². The van der Waals surface area contributed by atoms with Gasteiger partial charge in [-0.3, -0.25) is 4.79 Å². The van der Waals surface area contributed by atoms with Crippen LogP contribution in [0, 0.1) is 11.3 Å². The summed E-state index contributed by atoms with van der Waals surface area (Å²) >= 11 is 0. The maximum Gasteiger partial charge on any atom is 0.276 e. The Labute approximate surface area is 160 Å². The van der Waals surface area contributed by atoms with Gasteiger partial charge in [0.25, 0.3) is 5.91 Å². The number of likely N-dealkylation sites (tertiary alicyclic amines) is 1. The first-order chi connectivity index (χ1) is 13.2. The fraction of sp³-hybridized carbons (Fsp3) is 0.619. The van der Waals surface area contributed by atoms with Gasteiger partial charge >= 0.3 is 0 Å². The van der Waals surface area contributed by atoms with E-state index in [1.165, 1.54) is 10.5 Å². The third-order valence-electron chi connectivity index (χ3n) is 6.09. The number of quaternary nitrogens is 1. The number of hydrogen-bond donors (Lipinski definition) is 2. The van der Waals surface area contributed by atoms with Crippen LogP contribution in [0.3, 0.4) is 0 Å². The van der Waals surface area contributed by atoms with Crippen molar-refractivity contribution in [1.82, 2.24) is 5.32 Å².